The SMILES string of the molecule is CCCCC(=O)N1CCN(c2cc(Cl)nc(SCC(=O)N3CCN(C(c4ccccc4)c4ccccc4)CC3)n2)CC1C. The number of carbonyl (C=O) groups is 2. The van der Waals surface area contributed by atoms with Gasteiger partial charge in [-0.15, -0.1) is 0 Å². The number of benzene rings is 2. The molecule has 3 aromatic rings. The van der Waals surface area contributed by atoms with Crippen LogP contribution >= 0.6 is 23.4 Å². The van der Waals surface area contributed by atoms with E-state index < -0.39 is 0 Å². The Balaban J connectivity index is 1.16. The van der Waals surface area contributed by atoms with Crippen molar-refractivity contribution >= 4 is 41.0 Å². The largest absolute Gasteiger partial charge is 0.353 e. The second-order valence-corrected chi connectivity index (χ2v) is 12.6. The minimum atomic E-state index is 0.0820. The highest BCUT2D eigenvalue weighted by Gasteiger charge is 2.30. The predicted octanol–water partition coefficient (Wildman–Crippen LogP) is 5.38. The Morgan fingerprint density at radius 1 is 0.907 bits per heavy atom. The van der Waals surface area contributed by atoms with Crippen LogP contribution < -0.4 is 4.90 Å². The molecular weight excluding hydrogens is 580 g/mol. The van der Waals surface area contributed by atoms with Gasteiger partial charge in [-0.1, -0.05) is 97.4 Å². The molecule has 2 amide bonds. The van der Waals surface area contributed by atoms with Gasteiger partial charge in [0.1, 0.15) is 11.0 Å². The highest BCUT2D eigenvalue weighted by molar-refractivity contribution is 7.99. The van der Waals surface area contributed by atoms with Crippen LogP contribution in [0.3, 0.4) is 0 Å². The van der Waals surface area contributed by atoms with Crippen LogP contribution in [-0.2, 0) is 9.59 Å². The van der Waals surface area contributed by atoms with E-state index in [1.165, 1.54) is 22.9 Å². The molecule has 2 saturated heterocycles. The number of thioether (sulfide) groups is 1. The van der Waals surface area contributed by atoms with Gasteiger partial charge in [-0.05, 0) is 24.5 Å². The van der Waals surface area contributed by atoms with Crippen molar-refractivity contribution in [2.75, 3.05) is 56.5 Å². The molecule has 0 bridgehead atoms. The van der Waals surface area contributed by atoms with Gasteiger partial charge in [0.15, 0.2) is 5.16 Å². The molecule has 0 radical (unpaired) electrons. The lowest BCUT2D eigenvalue weighted by molar-refractivity contribution is -0.133. The van der Waals surface area contributed by atoms with Crippen molar-refractivity contribution in [2.45, 2.75) is 50.4 Å². The van der Waals surface area contributed by atoms with E-state index in [2.05, 4.69) is 77.2 Å². The Bertz CT molecular complexity index is 1320. The van der Waals surface area contributed by atoms with Crippen molar-refractivity contribution in [3.05, 3.63) is 83.0 Å². The van der Waals surface area contributed by atoms with Crippen molar-refractivity contribution in [3.63, 3.8) is 0 Å². The maximum atomic E-state index is 13.2. The summed E-state index contributed by atoms with van der Waals surface area (Å²) >= 11 is 7.72. The smallest absolute Gasteiger partial charge is 0.233 e. The van der Waals surface area contributed by atoms with Crippen LogP contribution in [0, 0.1) is 0 Å². The molecule has 2 aliphatic rings. The van der Waals surface area contributed by atoms with Crippen molar-refractivity contribution in [1.82, 2.24) is 24.7 Å². The van der Waals surface area contributed by atoms with Gasteiger partial charge in [-0.2, -0.15) is 0 Å². The van der Waals surface area contributed by atoms with Gasteiger partial charge in [0.05, 0.1) is 11.8 Å². The Labute approximate surface area is 264 Å². The summed E-state index contributed by atoms with van der Waals surface area (Å²) in [5, 5.41) is 0.854. The maximum Gasteiger partial charge on any atom is 0.233 e. The lowest BCUT2D eigenvalue weighted by Gasteiger charge is -2.40. The Hall–Kier alpha value is -3.14. The highest BCUT2D eigenvalue weighted by Crippen LogP contribution is 2.30. The Morgan fingerprint density at radius 2 is 1.56 bits per heavy atom. The zero-order chi connectivity index (χ0) is 30.2. The topological polar surface area (TPSA) is 72.9 Å². The van der Waals surface area contributed by atoms with Gasteiger partial charge >= 0.3 is 0 Å². The minimum absolute atomic E-state index is 0.0820. The minimum Gasteiger partial charge on any atom is -0.353 e. The number of hydrogen-bond acceptors (Lipinski definition) is 7. The fourth-order valence-corrected chi connectivity index (χ4v) is 6.94. The summed E-state index contributed by atoms with van der Waals surface area (Å²) in [5.41, 5.74) is 2.52. The van der Waals surface area contributed by atoms with Crippen LogP contribution in [0.2, 0.25) is 5.15 Å². The number of piperazine rings is 2. The summed E-state index contributed by atoms with van der Waals surface area (Å²) in [7, 11) is 0. The number of unbranched alkanes of at least 4 members (excludes halogenated alkanes) is 1. The van der Waals surface area contributed by atoms with Gasteiger partial charge in [0, 0.05) is 64.3 Å². The number of rotatable bonds is 10. The molecule has 0 spiro atoms. The number of nitrogens with zero attached hydrogens (tertiary/aromatic N) is 6. The molecular formula is C33H41ClN6O2S. The number of amides is 2. The zero-order valence-electron chi connectivity index (χ0n) is 25.1. The maximum absolute atomic E-state index is 13.2. The van der Waals surface area contributed by atoms with Crippen LogP contribution in [0.5, 0.6) is 0 Å². The van der Waals surface area contributed by atoms with Gasteiger partial charge in [-0.25, -0.2) is 9.97 Å². The van der Waals surface area contributed by atoms with Gasteiger partial charge in [-0.3, -0.25) is 14.5 Å². The quantitative estimate of drug-likeness (QED) is 0.171. The third-order valence-electron chi connectivity index (χ3n) is 8.26. The van der Waals surface area contributed by atoms with E-state index in [0.717, 1.165) is 31.7 Å². The number of halogens is 1. The number of carbonyl (C=O) groups excluding carboxylic acids is 2. The van der Waals surface area contributed by atoms with E-state index in [1.54, 1.807) is 6.07 Å². The summed E-state index contributed by atoms with van der Waals surface area (Å²) in [6, 6.07) is 23.2. The third-order valence-corrected chi connectivity index (χ3v) is 9.29. The molecule has 8 nitrogen and oxygen atoms in total. The predicted molar refractivity (Wildman–Crippen MR) is 174 cm³/mol. The average molecular weight is 621 g/mol. The second-order valence-electron chi connectivity index (χ2n) is 11.2. The van der Waals surface area contributed by atoms with E-state index >= 15 is 0 Å². The van der Waals surface area contributed by atoms with E-state index in [0.29, 0.717) is 49.5 Å². The summed E-state index contributed by atoms with van der Waals surface area (Å²) in [5.74, 6) is 1.31. The highest BCUT2D eigenvalue weighted by atomic mass is 35.5. The average Bonchev–Trinajstić information content (AvgIpc) is 3.03. The van der Waals surface area contributed by atoms with Crippen molar-refractivity contribution in [3.8, 4) is 0 Å². The first-order valence-corrected chi connectivity index (χ1v) is 16.6. The summed E-state index contributed by atoms with van der Waals surface area (Å²) < 4.78 is 0. The molecule has 10 heteroatoms. The number of aromatic nitrogens is 2. The second kappa shape index (κ2) is 15.0. The molecule has 1 unspecified atom stereocenters. The number of anilines is 1. The zero-order valence-corrected chi connectivity index (χ0v) is 26.6. The van der Waals surface area contributed by atoms with Crippen molar-refractivity contribution in [2.24, 2.45) is 0 Å². The lowest BCUT2D eigenvalue weighted by Crippen LogP contribution is -2.54. The molecule has 0 aliphatic carbocycles. The Morgan fingerprint density at radius 3 is 2.16 bits per heavy atom. The summed E-state index contributed by atoms with van der Waals surface area (Å²) in [6.07, 6.45) is 2.54. The van der Waals surface area contributed by atoms with Gasteiger partial charge in [0.25, 0.3) is 0 Å². The molecule has 1 atom stereocenters. The Kier molecular flexibility index (Phi) is 10.9. The van der Waals surface area contributed by atoms with Crippen molar-refractivity contribution in [1.29, 1.82) is 0 Å². The molecule has 5 rings (SSSR count). The molecule has 0 N–H and O–H groups in total. The van der Waals surface area contributed by atoms with Crippen LogP contribution in [0.4, 0.5) is 5.82 Å². The molecule has 0 saturated carbocycles. The monoisotopic (exact) mass is 620 g/mol. The molecule has 1 aromatic heterocycles. The lowest BCUT2D eigenvalue weighted by atomic mass is 9.96. The standard InChI is InChI=1S/C33H41ClN6O2S/c1-3-4-15-30(41)40-21-20-39(23-25(40)2)29-22-28(34)35-33(36-29)43-24-31(42)37-16-18-38(19-17-37)32(26-11-7-5-8-12-26)27-13-9-6-10-14-27/h5-14,22,25,32H,3-4,15-21,23-24H2,1-2H3. The molecule has 2 aliphatic heterocycles. The third kappa shape index (κ3) is 8.08. The first kappa shape index (κ1) is 31.3. The van der Waals surface area contributed by atoms with E-state index in [4.69, 9.17) is 16.6 Å². The van der Waals surface area contributed by atoms with E-state index in [-0.39, 0.29) is 29.7 Å². The summed E-state index contributed by atoms with van der Waals surface area (Å²) in [6.45, 7) is 9.17. The normalized spacial score (nSPS) is 17.9. The first-order valence-electron chi connectivity index (χ1n) is 15.3. The fourth-order valence-electron chi connectivity index (χ4n) is 5.95. The molecule has 2 fully saturated rings. The molecule has 2 aromatic carbocycles. The van der Waals surface area contributed by atoms with Crippen LogP contribution in [0.25, 0.3) is 0 Å². The molecule has 3 heterocycles. The first-order chi connectivity index (χ1) is 20.9. The van der Waals surface area contributed by atoms with Gasteiger partial charge in [0.2, 0.25) is 11.8 Å². The van der Waals surface area contributed by atoms with Crippen LogP contribution in [0.15, 0.2) is 71.9 Å². The van der Waals surface area contributed by atoms with Gasteiger partial charge < -0.3 is 14.7 Å². The summed E-state index contributed by atoms with van der Waals surface area (Å²) in [4.78, 5) is 43.5. The van der Waals surface area contributed by atoms with Crippen LogP contribution in [0.1, 0.15) is 50.3 Å². The van der Waals surface area contributed by atoms with Crippen LogP contribution in [-0.4, -0.2) is 94.1 Å². The number of hydrogen-bond donors (Lipinski definition) is 0. The van der Waals surface area contributed by atoms with Crippen molar-refractivity contribution < 1.29 is 9.59 Å². The molecule has 43 heavy (non-hydrogen) atoms. The van der Waals surface area contributed by atoms with E-state index in [9.17, 15) is 9.59 Å². The molecule has 228 valence electrons. The van der Waals surface area contributed by atoms with E-state index in [1.807, 2.05) is 21.9 Å². The fraction of sp³-hybridized carbons (Fsp3) is 0.455.